The smallest absolute Gasteiger partial charge is 0.303 e. The third-order valence-electron chi connectivity index (χ3n) is 4.24. The second kappa shape index (κ2) is 7.38. The highest BCUT2D eigenvalue weighted by molar-refractivity contribution is 5.92. The number of aromatic nitrogens is 3. The summed E-state index contributed by atoms with van der Waals surface area (Å²) in [6.07, 6.45) is 3.71. The molecule has 7 heteroatoms. The molecule has 1 aliphatic heterocycles. The molecule has 0 saturated carbocycles. The van der Waals surface area contributed by atoms with Crippen LogP contribution in [0.1, 0.15) is 53.0 Å². The van der Waals surface area contributed by atoms with Gasteiger partial charge in [-0.3, -0.25) is 14.6 Å². The lowest BCUT2D eigenvalue weighted by atomic mass is 10.1. The molecule has 130 valence electrons. The van der Waals surface area contributed by atoms with Crippen LogP contribution >= 0.6 is 0 Å². The van der Waals surface area contributed by atoms with Crippen molar-refractivity contribution in [3.8, 4) is 0 Å². The molecule has 0 bridgehead atoms. The summed E-state index contributed by atoms with van der Waals surface area (Å²) >= 11 is 0. The van der Waals surface area contributed by atoms with Gasteiger partial charge >= 0.3 is 5.97 Å². The van der Waals surface area contributed by atoms with E-state index in [1.165, 1.54) is 0 Å². The lowest BCUT2D eigenvalue weighted by molar-refractivity contribution is -0.136. The molecule has 2 aromatic rings. The molecule has 1 amide bonds. The largest absolute Gasteiger partial charge is 0.481 e. The fourth-order valence-corrected chi connectivity index (χ4v) is 3.14. The Morgan fingerprint density at radius 2 is 2.16 bits per heavy atom. The molecule has 25 heavy (non-hydrogen) atoms. The Labute approximate surface area is 145 Å². The minimum Gasteiger partial charge on any atom is -0.481 e. The van der Waals surface area contributed by atoms with E-state index in [0.717, 1.165) is 18.5 Å². The zero-order valence-corrected chi connectivity index (χ0v) is 14.1. The Morgan fingerprint density at radius 3 is 2.88 bits per heavy atom. The summed E-state index contributed by atoms with van der Waals surface area (Å²) in [5, 5.41) is 8.86. The molecule has 1 N–H and O–H groups in total. The molecule has 2 aromatic heterocycles. The maximum atomic E-state index is 12.8. The number of amides is 1. The summed E-state index contributed by atoms with van der Waals surface area (Å²) in [4.78, 5) is 38.3. The number of nitrogens with zero attached hydrogens (tertiary/aromatic N) is 4. The van der Waals surface area contributed by atoms with Gasteiger partial charge in [0.25, 0.3) is 5.91 Å². The van der Waals surface area contributed by atoms with Crippen molar-refractivity contribution in [1.29, 1.82) is 0 Å². The van der Waals surface area contributed by atoms with Gasteiger partial charge in [-0.05, 0) is 38.0 Å². The van der Waals surface area contributed by atoms with Gasteiger partial charge in [-0.25, -0.2) is 9.97 Å². The van der Waals surface area contributed by atoms with Crippen molar-refractivity contribution in [1.82, 2.24) is 19.9 Å². The fourth-order valence-electron chi connectivity index (χ4n) is 3.14. The highest BCUT2D eigenvalue weighted by Crippen LogP contribution is 2.32. The molecular weight excluding hydrogens is 320 g/mol. The molecular formula is C18H20N4O3. The van der Waals surface area contributed by atoms with Gasteiger partial charge in [-0.1, -0.05) is 6.07 Å². The lowest BCUT2D eigenvalue weighted by Gasteiger charge is -2.24. The van der Waals surface area contributed by atoms with E-state index in [-0.39, 0.29) is 18.4 Å². The number of hydrogen-bond acceptors (Lipinski definition) is 5. The Kier molecular flexibility index (Phi) is 5.02. The van der Waals surface area contributed by atoms with Gasteiger partial charge in [0.05, 0.1) is 18.2 Å². The normalized spacial score (nSPS) is 16.8. The number of pyridine rings is 1. The molecule has 3 rings (SSSR count). The van der Waals surface area contributed by atoms with E-state index in [1.807, 2.05) is 6.07 Å². The van der Waals surface area contributed by atoms with E-state index in [0.29, 0.717) is 30.2 Å². The van der Waals surface area contributed by atoms with Crippen LogP contribution in [0.3, 0.4) is 0 Å². The SMILES string of the molecule is Cc1nc(CCC(=O)O)cc([C@@H]2CCCN2C(=O)c2ccccn2)n1. The first-order chi connectivity index (χ1) is 12.0. The number of likely N-dealkylation sites (tertiary alicyclic amines) is 1. The van der Waals surface area contributed by atoms with Crippen molar-refractivity contribution in [3.05, 3.63) is 53.4 Å². The summed E-state index contributed by atoms with van der Waals surface area (Å²) in [6.45, 7) is 2.45. The van der Waals surface area contributed by atoms with Gasteiger partial charge in [0.15, 0.2) is 0 Å². The van der Waals surface area contributed by atoms with E-state index in [1.54, 1.807) is 36.2 Å². The van der Waals surface area contributed by atoms with Gasteiger partial charge in [-0.15, -0.1) is 0 Å². The Bertz CT molecular complexity index is 779. The molecule has 0 radical (unpaired) electrons. The minimum atomic E-state index is -0.856. The third kappa shape index (κ3) is 3.99. The standard InChI is InChI=1S/C18H20N4O3/c1-12-20-13(7-8-17(23)24)11-15(21-12)16-6-4-10-22(16)18(25)14-5-2-3-9-19-14/h2-3,5,9,11,16H,4,6-8,10H2,1H3,(H,23,24)/t16-/m0/s1. The molecule has 0 spiro atoms. The summed E-state index contributed by atoms with van der Waals surface area (Å²) in [5.74, 6) is -0.368. The first kappa shape index (κ1) is 17.0. The monoisotopic (exact) mass is 340 g/mol. The van der Waals surface area contributed by atoms with Crippen LogP contribution in [-0.4, -0.2) is 43.4 Å². The fraction of sp³-hybridized carbons (Fsp3) is 0.389. The van der Waals surface area contributed by atoms with Gasteiger partial charge in [0.2, 0.25) is 0 Å². The van der Waals surface area contributed by atoms with E-state index in [2.05, 4.69) is 15.0 Å². The van der Waals surface area contributed by atoms with Crippen LogP contribution in [0.25, 0.3) is 0 Å². The number of rotatable bonds is 5. The van der Waals surface area contributed by atoms with E-state index < -0.39 is 5.97 Å². The van der Waals surface area contributed by atoms with Crippen molar-refractivity contribution in [2.45, 2.75) is 38.6 Å². The topological polar surface area (TPSA) is 96.3 Å². The van der Waals surface area contributed by atoms with Crippen LogP contribution in [0.4, 0.5) is 0 Å². The third-order valence-corrected chi connectivity index (χ3v) is 4.24. The summed E-state index contributed by atoms with van der Waals surface area (Å²) in [5.41, 5.74) is 1.89. The highest BCUT2D eigenvalue weighted by Gasteiger charge is 2.32. The Hall–Kier alpha value is -2.83. The maximum Gasteiger partial charge on any atom is 0.303 e. The summed E-state index contributed by atoms with van der Waals surface area (Å²) in [6, 6.07) is 6.98. The Morgan fingerprint density at radius 1 is 1.32 bits per heavy atom. The average Bonchev–Trinajstić information content (AvgIpc) is 3.09. The molecule has 0 unspecified atom stereocenters. The molecule has 1 atom stereocenters. The van der Waals surface area contributed by atoms with Crippen LogP contribution in [0.5, 0.6) is 0 Å². The first-order valence-corrected chi connectivity index (χ1v) is 8.33. The van der Waals surface area contributed by atoms with Gasteiger partial charge < -0.3 is 10.0 Å². The molecule has 1 saturated heterocycles. The number of aliphatic carboxylic acids is 1. The van der Waals surface area contributed by atoms with Gasteiger partial charge in [0.1, 0.15) is 11.5 Å². The summed E-state index contributed by atoms with van der Waals surface area (Å²) in [7, 11) is 0. The number of carboxylic acid groups (broad SMARTS) is 1. The second-order valence-corrected chi connectivity index (χ2v) is 6.10. The number of aryl methyl sites for hydroxylation is 2. The predicted molar refractivity (Wildman–Crippen MR) is 90.0 cm³/mol. The summed E-state index contributed by atoms with van der Waals surface area (Å²) < 4.78 is 0. The molecule has 0 aliphatic carbocycles. The number of carbonyl (C=O) groups excluding carboxylic acids is 1. The van der Waals surface area contributed by atoms with Crippen molar-refractivity contribution in [2.24, 2.45) is 0 Å². The Balaban J connectivity index is 1.84. The predicted octanol–water partition coefficient (Wildman–Crippen LogP) is 2.17. The van der Waals surface area contributed by atoms with Crippen molar-refractivity contribution in [2.75, 3.05) is 6.54 Å². The van der Waals surface area contributed by atoms with Gasteiger partial charge in [0, 0.05) is 24.9 Å². The number of carboxylic acids is 1. The molecule has 0 aromatic carbocycles. The highest BCUT2D eigenvalue weighted by atomic mass is 16.4. The van der Waals surface area contributed by atoms with Crippen LogP contribution in [0.15, 0.2) is 30.5 Å². The minimum absolute atomic E-state index is 0.0249. The molecule has 3 heterocycles. The first-order valence-electron chi connectivity index (χ1n) is 8.33. The van der Waals surface area contributed by atoms with Crippen LogP contribution in [0.2, 0.25) is 0 Å². The molecule has 1 fully saturated rings. The van der Waals surface area contributed by atoms with Crippen LogP contribution < -0.4 is 0 Å². The zero-order valence-electron chi connectivity index (χ0n) is 14.1. The maximum absolute atomic E-state index is 12.8. The van der Waals surface area contributed by atoms with Crippen LogP contribution in [0, 0.1) is 6.92 Å². The van der Waals surface area contributed by atoms with E-state index in [4.69, 9.17) is 5.11 Å². The number of carbonyl (C=O) groups is 2. The quantitative estimate of drug-likeness (QED) is 0.896. The van der Waals surface area contributed by atoms with E-state index >= 15 is 0 Å². The van der Waals surface area contributed by atoms with E-state index in [9.17, 15) is 9.59 Å². The molecule has 1 aliphatic rings. The second-order valence-electron chi connectivity index (χ2n) is 6.10. The van der Waals surface area contributed by atoms with Crippen molar-refractivity contribution < 1.29 is 14.7 Å². The lowest BCUT2D eigenvalue weighted by Crippen LogP contribution is -2.31. The van der Waals surface area contributed by atoms with Crippen LogP contribution in [-0.2, 0) is 11.2 Å². The zero-order chi connectivity index (χ0) is 17.8. The number of hydrogen-bond donors (Lipinski definition) is 1. The average molecular weight is 340 g/mol. The van der Waals surface area contributed by atoms with Crippen molar-refractivity contribution >= 4 is 11.9 Å². The molecule has 7 nitrogen and oxygen atoms in total. The van der Waals surface area contributed by atoms with Gasteiger partial charge in [-0.2, -0.15) is 0 Å². The van der Waals surface area contributed by atoms with Crippen molar-refractivity contribution in [3.63, 3.8) is 0 Å².